The van der Waals surface area contributed by atoms with Gasteiger partial charge >= 0.3 is 0 Å². The van der Waals surface area contributed by atoms with Crippen LogP contribution in [0.2, 0.25) is 0 Å². The van der Waals surface area contributed by atoms with E-state index in [4.69, 9.17) is 4.74 Å². The lowest BCUT2D eigenvalue weighted by Crippen LogP contribution is -2.36. The van der Waals surface area contributed by atoms with Gasteiger partial charge in [-0.05, 0) is 27.7 Å². The molecular weight excluding hydrogens is 150 g/mol. The summed E-state index contributed by atoms with van der Waals surface area (Å²) in [4.78, 5) is 0. The average molecular weight is 166 g/mol. The minimum absolute atomic E-state index is 0.501. The summed E-state index contributed by atoms with van der Waals surface area (Å²) in [6, 6.07) is 0. The van der Waals surface area contributed by atoms with E-state index in [9.17, 15) is 8.78 Å². The van der Waals surface area contributed by atoms with Gasteiger partial charge in [0.25, 0.3) is 5.92 Å². The van der Waals surface area contributed by atoms with Crippen LogP contribution < -0.4 is 0 Å². The van der Waals surface area contributed by atoms with Crippen LogP contribution in [0.3, 0.4) is 0 Å². The molecule has 0 bridgehead atoms. The molecule has 0 spiro atoms. The highest BCUT2D eigenvalue weighted by Gasteiger charge is 2.33. The highest BCUT2D eigenvalue weighted by Crippen LogP contribution is 2.23. The van der Waals surface area contributed by atoms with Crippen LogP contribution >= 0.6 is 0 Å². The fourth-order valence-corrected chi connectivity index (χ4v) is 0.634. The Hall–Kier alpha value is -0.180. The molecule has 0 N–H and O–H groups in total. The SMILES string of the molecule is CC(OC(C)(C)C)C(C)(F)F. The fourth-order valence-electron chi connectivity index (χ4n) is 0.634. The lowest BCUT2D eigenvalue weighted by molar-refractivity contribution is -0.163. The summed E-state index contributed by atoms with van der Waals surface area (Å²) in [5.74, 6) is -2.76. The zero-order valence-electron chi connectivity index (χ0n) is 7.74. The largest absolute Gasteiger partial charge is 0.367 e. The Morgan fingerprint density at radius 3 is 1.55 bits per heavy atom. The molecule has 0 aliphatic heterocycles. The van der Waals surface area contributed by atoms with Crippen LogP contribution in [-0.4, -0.2) is 17.6 Å². The summed E-state index contributed by atoms with van der Waals surface area (Å²) in [7, 11) is 0. The van der Waals surface area contributed by atoms with Crippen molar-refractivity contribution in [2.75, 3.05) is 0 Å². The molecule has 0 saturated carbocycles. The number of hydrogen-bond acceptors (Lipinski definition) is 1. The normalized spacial score (nSPS) is 16.6. The van der Waals surface area contributed by atoms with Gasteiger partial charge in [-0.25, -0.2) is 8.78 Å². The van der Waals surface area contributed by atoms with Crippen LogP contribution in [0.4, 0.5) is 8.78 Å². The molecule has 11 heavy (non-hydrogen) atoms. The van der Waals surface area contributed by atoms with Crippen molar-refractivity contribution in [2.24, 2.45) is 0 Å². The molecule has 0 aliphatic carbocycles. The van der Waals surface area contributed by atoms with Crippen molar-refractivity contribution < 1.29 is 13.5 Å². The minimum atomic E-state index is -2.76. The van der Waals surface area contributed by atoms with Crippen molar-refractivity contribution in [3.05, 3.63) is 0 Å². The predicted octanol–water partition coefficient (Wildman–Crippen LogP) is 2.85. The Morgan fingerprint density at radius 2 is 1.45 bits per heavy atom. The first-order valence-electron chi connectivity index (χ1n) is 3.68. The van der Waals surface area contributed by atoms with E-state index in [-0.39, 0.29) is 0 Å². The van der Waals surface area contributed by atoms with Crippen molar-refractivity contribution in [3.63, 3.8) is 0 Å². The Morgan fingerprint density at radius 1 is 1.09 bits per heavy atom. The van der Waals surface area contributed by atoms with E-state index in [0.29, 0.717) is 0 Å². The Labute approximate surface area is 66.7 Å². The quantitative estimate of drug-likeness (QED) is 0.613. The van der Waals surface area contributed by atoms with Gasteiger partial charge in [-0.2, -0.15) is 0 Å². The standard InChI is InChI=1S/C8H16F2O/c1-6(8(5,9)10)11-7(2,3)4/h6H,1-5H3. The molecule has 0 aliphatic rings. The van der Waals surface area contributed by atoms with Crippen molar-refractivity contribution in [3.8, 4) is 0 Å². The summed E-state index contributed by atoms with van der Waals surface area (Å²) in [5, 5.41) is 0. The van der Waals surface area contributed by atoms with E-state index in [2.05, 4.69) is 0 Å². The number of hydrogen-bond donors (Lipinski definition) is 0. The molecular formula is C8H16F2O. The molecule has 1 atom stereocenters. The molecule has 0 aromatic rings. The highest BCUT2D eigenvalue weighted by atomic mass is 19.3. The third-order valence-corrected chi connectivity index (χ3v) is 1.24. The summed E-state index contributed by atoms with van der Waals surface area (Å²) < 4.78 is 30.1. The topological polar surface area (TPSA) is 9.23 Å². The van der Waals surface area contributed by atoms with Crippen LogP contribution in [0, 0.1) is 0 Å². The van der Waals surface area contributed by atoms with Crippen molar-refractivity contribution in [1.29, 1.82) is 0 Å². The number of rotatable bonds is 2. The van der Waals surface area contributed by atoms with E-state index in [1.54, 1.807) is 20.8 Å². The molecule has 1 unspecified atom stereocenters. The second-order valence-corrected chi connectivity index (χ2v) is 3.83. The first-order valence-corrected chi connectivity index (χ1v) is 3.68. The van der Waals surface area contributed by atoms with Gasteiger partial charge in [-0.1, -0.05) is 0 Å². The third-order valence-electron chi connectivity index (χ3n) is 1.24. The molecule has 0 amide bonds. The number of ether oxygens (including phenoxy) is 1. The van der Waals surface area contributed by atoms with Gasteiger partial charge in [0.15, 0.2) is 0 Å². The molecule has 0 fully saturated rings. The molecule has 0 rings (SSSR count). The molecule has 1 nitrogen and oxygen atoms in total. The zero-order chi connectivity index (χ0) is 9.28. The predicted molar refractivity (Wildman–Crippen MR) is 40.9 cm³/mol. The Balaban J connectivity index is 3.99. The van der Waals surface area contributed by atoms with Gasteiger partial charge in [-0.15, -0.1) is 0 Å². The van der Waals surface area contributed by atoms with Gasteiger partial charge in [0, 0.05) is 6.92 Å². The lowest BCUT2D eigenvalue weighted by Gasteiger charge is -2.28. The van der Waals surface area contributed by atoms with Crippen LogP contribution in [0.25, 0.3) is 0 Å². The maximum absolute atomic E-state index is 12.5. The van der Waals surface area contributed by atoms with Crippen LogP contribution in [-0.2, 0) is 4.74 Å². The molecule has 0 radical (unpaired) electrons. The smallest absolute Gasteiger partial charge is 0.270 e. The van der Waals surface area contributed by atoms with Crippen LogP contribution in [0.1, 0.15) is 34.6 Å². The van der Waals surface area contributed by atoms with Crippen LogP contribution in [0.5, 0.6) is 0 Å². The van der Waals surface area contributed by atoms with E-state index < -0.39 is 17.6 Å². The van der Waals surface area contributed by atoms with E-state index >= 15 is 0 Å². The summed E-state index contributed by atoms with van der Waals surface area (Å²) in [6.07, 6.45) is -1.03. The van der Waals surface area contributed by atoms with Gasteiger partial charge in [-0.3, -0.25) is 0 Å². The van der Waals surface area contributed by atoms with Crippen molar-refractivity contribution >= 4 is 0 Å². The van der Waals surface area contributed by atoms with Crippen molar-refractivity contribution in [2.45, 2.75) is 52.2 Å². The monoisotopic (exact) mass is 166 g/mol. The van der Waals surface area contributed by atoms with E-state index in [1.165, 1.54) is 6.92 Å². The van der Waals surface area contributed by atoms with E-state index in [0.717, 1.165) is 6.92 Å². The minimum Gasteiger partial charge on any atom is -0.367 e. The first-order chi connectivity index (χ1) is 4.63. The Bertz CT molecular complexity index is 121. The molecule has 0 aromatic heterocycles. The molecule has 68 valence electrons. The second-order valence-electron chi connectivity index (χ2n) is 3.83. The van der Waals surface area contributed by atoms with E-state index in [1.807, 2.05) is 0 Å². The lowest BCUT2D eigenvalue weighted by atomic mass is 10.1. The Kier molecular flexibility index (Phi) is 3.00. The zero-order valence-corrected chi connectivity index (χ0v) is 7.74. The van der Waals surface area contributed by atoms with Crippen LogP contribution in [0.15, 0.2) is 0 Å². The van der Waals surface area contributed by atoms with Gasteiger partial charge in [0.2, 0.25) is 0 Å². The number of alkyl halides is 2. The summed E-state index contributed by atoms with van der Waals surface area (Å²) in [5.41, 5.74) is -0.501. The first kappa shape index (κ1) is 10.8. The number of halogens is 2. The molecule has 0 saturated heterocycles. The van der Waals surface area contributed by atoms with Crippen molar-refractivity contribution in [1.82, 2.24) is 0 Å². The van der Waals surface area contributed by atoms with Gasteiger partial charge < -0.3 is 4.74 Å². The molecule has 0 aromatic carbocycles. The maximum Gasteiger partial charge on any atom is 0.270 e. The summed E-state index contributed by atoms with van der Waals surface area (Å²) in [6.45, 7) is 7.52. The highest BCUT2D eigenvalue weighted by molar-refractivity contribution is 4.72. The average Bonchev–Trinajstić information content (AvgIpc) is 1.56. The molecule has 3 heteroatoms. The summed E-state index contributed by atoms with van der Waals surface area (Å²) >= 11 is 0. The molecule has 0 heterocycles. The second kappa shape index (κ2) is 3.05. The fraction of sp³-hybridized carbons (Fsp3) is 1.00. The maximum atomic E-state index is 12.5. The third kappa shape index (κ3) is 5.13. The van der Waals surface area contributed by atoms with Gasteiger partial charge in [0.1, 0.15) is 6.10 Å². The van der Waals surface area contributed by atoms with Gasteiger partial charge in [0.05, 0.1) is 5.60 Å².